The Morgan fingerprint density at radius 3 is 2.85 bits per heavy atom. The van der Waals surface area contributed by atoms with Gasteiger partial charge in [0.2, 0.25) is 0 Å². The Balaban J connectivity index is 1.67. The van der Waals surface area contributed by atoms with Gasteiger partial charge in [0.25, 0.3) is 0 Å². The molecule has 5 nitrogen and oxygen atoms in total. The number of hydrogen-bond donors (Lipinski definition) is 0. The first-order valence-corrected chi connectivity index (χ1v) is 11.2. The Morgan fingerprint density at radius 1 is 1.27 bits per heavy atom. The summed E-state index contributed by atoms with van der Waals surface area (Å²) in [6.07, 6.45) is 4.57. The van der Waals surface area contributed by atoms with Crippen LogP contribution in [-0.2, 0) is 22.9 Å². The molecular formula is C19H19N3O2S2. The summed E-state index contributed by atoms with van der Waals surface area (Å²) in [5.41, 5.74) is 2.50. The quantitative estimate of drug-likeness (QED) is 0.677. The van der Waals surface area contributed by atoms with Crippen LogP contribution in [0.3, 0.4) is 0 Å². The molecular weight excluding hydrogens is 366 g/mol. The van der Waals surface area contributed by atoms with Crippen LogP contribution in [0.4, 0.5) is 0 Å². The molecule has 0 aliphatic carbocycles. The summed E-state index contributed by atoms with van der Waals surface area (Å²) in [4.78, 5) is 3.42. The number of pyridine rings is 1. The van der Waals surface area contributed by atoms with Crippen molar-refractivity contribution in [3.8, 4) is 6.07 Å². The molecule has 1 atom stereocenters. The molecule has 3 aromatic heterocycles. The van der Waals surface area contributed by atoms with E-state index in [-0.39, 0.29) is 17.5 Å². The third-order valence-electron chi connectivity index (χ3n) is 4.91. The second kappa shape index (κ2) is 6.88. The van der Waals surface area contributed by atoms with Gasteiger partial charge in [-0.3, -0.25) is 4.90 Å². The van der Waals surface area contributed by atoms with E-state index in [2.05, 4.69) is 17.0 Å². The van der Waals surface area contributed by atoms with E-state index in [1.807, 2.05) is 46.4 Å². The lowest BCUT2D eigenvalue weighted by molar-refractivity contribution is 0.196. The summed E-state index contributed by atoms with van der Waals surface area (Å²) in [7, 11) is -2.96. The predicted molar refractivity (Wildman–Crippen MR) is 103 cm³/mol. The minimum absolute atomic E-state index is 0.00310. The first kappa shape index (κ1) is 17.3. The maximum absolute atomic E-state index is 12.0. The van der Waals surface area contributed by atoms with Crippen molar-refractivity contribution < 1.29 is 8.42 Å². The summed E-state index contributed by atoms with van der Waals surface area (Å²) < 4.78 is 25.9. The number of fused-ring (bicyclic) bond motifs is 1. The van der Waals surface area contributed by atoms with Gasteiger partial charge in [-0.05, 0) is 30.0 Å². The van der Waals surface area contributed by atoms with Crippen LogP contribution in [0.15, 0.2) is 48.1 Å². The molecule has 1 aliphatic rings. The average molecular weight is 386 g/mol. The van der Waals surface area contributed by atoms with Crippen LogP contribution in [0.1, 0.15) is 22.4 Å². The molecule has 1 fully saturated rings. The summed E-state index contributed by atoms with van der Waals surface area (Å²) in [6, 6.07) is 12.2. The van der Waals surface area contributed by atoms with E-state index in [0.29, 0.717) is 25.1 Å². The maximum atomic E-state index is 12.0. The molecule has 0 amide bonds. The Bertz CT molecular complexity index is 1060. The Labute approximate surface area is 157 Å². The van der Waals surface area contributed by atoms with Gasteiger partial charge in [-0.25, -0.2) is 8.42 Å². The number of rotatable bonds is 5. The molecule has 4 heterocycles. The zero-order valence-electron chi connectivity index (χ0n) is 14.2. The minimum atomic E-state index is -2.96. The van der Waals surface area contributed by atoms with Crippen LogP contribution < -0.4 is 0 Å². The van der Waals surface area contributed by atoms with E-state index >= 15 is 0 Å². The summed E-state index contributed by atoms with van der Waals surface area (Å²) in [6.45, 7) is 1.28. The van der Waals surface area contributed by atoms with Gasteiger partial charge < -0.3 is 4.40 Å². The van der Waals surface area contributed by atoms with E-state index in [9.17, 15) is 13.7 Å². The first-order valence-electron chi connectivity index (χ1n) is 8.51. The minimum Gasteiger partial charge on any atom is -0.322 e. The predicted octanol–water partition coefficient (Wildman–Crippen LogP) is 3.06. The van der Waals surface area contributed by atoms with Crippen molar-refractivity contribution in [3.63, 3.8) is 0 Å². The van der Waals surface area contributed by atoms with Crippen molar-refractivity contribution in [3.05, 3.63) is 64.1 Å². The van der Waals surface area contributed by atoms with Crippen LogP contribution in [0.25, 0.3) is 5.52 Å². The topological polar surface area (TPSA) is 65.6 Å². The van der Waals surface area contributed by atoms with E-state index in [1.54, 1.807) is 11.3 Å². The second-order valence-corrected chi connectivity index (χ2v) is 9.94. The van der Waals surface area contributed by atoms with E-state index < -0.39 is 9.84 Å². The molecule has 26 heavy (non-hydrogen) atoms. The number of aromatic nitrogens is 1. The number of hydrogen-bond acceptors (Lipinski definition) is 5. The monoisotopic (exact) mass is 385 g/mol. The van der Waals surface area contributed by atoms with Gasteiger partial charge in [-0.15, -0.1) is 11.3 Å². The van der Waals surface area contributed by atoms with Crippen molar-refractivity contribution in [2.75, 3.05) is 11.5 Å². The molecule has 4 rings (SSSR count). The molecule has 134 valence electrons. The zero-order chi connectivity index (χ0) is 18.1. The number of thiophene rings is 1. The maximum Gasteiger partial charge on any atom is 0.151 e. The van der Waals surface area contributed by atoms with Gasteiger partial charge >= 0.3 is 0 Å². The number of sulfone groups is 1. The van der Waals surface area contributed by atoms with Gasteiger partial charge in [0.15, 0.2) is 9.84 Å². The lowest BCUT2D eigenvalue weighted by Gasteiger charge is -2.27. The molecule has 0 aromatic carbocycles. The third-order valence-corrected chi connectivity index (χ3v) is 7.52. The van der Waals surface area contributed by atoms with Crippen LogP contribution in [-0.4, -0.2) is 35.3 Å². The molecule has 0 N–H and O–H groups in total. The molecule has 0 radical (unpaired) electrons. The zero-order valence-corrected chi connectivity index (χ0v) is 15.8. The van der Waals surface area contributed by atoms with E-state index in [0.717, 1.165) is 11.1 Å². The van der Waals surface area contributed by atoms with Crippen molar-refractivity contribution in [2.45, 2.75) is 25.6 Å². The fraction of sp³-hybridized carbons (Fsp3) is 0.316. The summed E-state index contributed by atoms with van der Waals surface area (Å²) in [5.74, 6) is 0.453. The van der Waals surface area contributed by atoms with Gasteiger partial charge in [0.1, 0.15) is 6.07 Å². The normalized spacial score (nSPS) is 19.2. The molecule has 0 saturated carbocycles. The fourth-order valence-electron chi connectivity index (χ4n) is 3.63. The van der Waals surface area contributed by atoms with Crippen molar-refractivity contribution in [1.82, 2.24) is 9.30 Å². The van der Waals surface area contributed by atoms with Gasteiger partial charge in [-0.1, -0.05) is 12.1 Å². The highest BCUT2D eigenvalue weighted by molar-refractivity contribution is 7.91. The molecule has 3 aromatic rings. The molecule has 0 bridgehead atoms. The average Bonchev–Trinajstić information content (AvgIpc) is 3.32. The highest BCUT2D eigenvalue weighted by Crippen LogP contribution is 2.26. The lowest BCUT2D eigenvalue weighted by atomic mass is 10.1. The highest BCUT2D eigenvalue weighted by Gasteiger charge is 2.33. The van der Waals surface area contributed by atoms with Crippen molar-refractivity contribution in [2.24, 2.45) is 0 Å². The summed E-state index contributed by atoms with van der Waals surface area (Å²) in [5, 5.41) is 11.7. The highest BCUT2D eigenvalue weighted by atomic mass is 32.2. The van der Waals surface area contributed by atoms with Crippen LogP contribution in [0.2, 0.25) is 0 Å². The smallest absolute Gasteiger partial charge is 0.151 e. The van der Waals surface area contributed by atoms with E-state index in [4.69, 9.17) is 0 Å². The second-order valence-electron chi connectivity index (χ2n) is 6.68. The molecule has 7 heteroatoms. The van der Waals surface area contributed by atoms with Crippen molar-refractivity contribution >= 4 is 26.7 Å². The molecule has 0 spiro atoms. The number of nitriles is 1. The third kappa shape index (κ3) is 3.40. The van der Waals surface area contributed by atoms with E-state index in [1.165, 1.54) is 4.88 Å². The van der Waals surface area contributed by atoms with Crippen LogP contribution in [0.5, 0.6) is 0 Å². The van der Waals surface area contributed by atoms with Crippen LogP contribution in [0, 0.1) is 11.3 Å². The molecule has 1 aliphatic heterocycles. The SMILES string of the molecule is N#Cc1c(CN(Cc2cccs2)[C@H]2CCS(=O)(=O)C2)cn2ccccc12. The standard InChI is InChI=1S/C19H19N3O2S2/c20-10-18-15(11-21-7-2-1-5-19(18)21)12-22(13-17-4-3-8-25-17)16-6-9-26(23,24)14-16/h1-5,7-8,11,16H,6,9,12-14H2/t16-/m0/s1. The molecule has 1 saturated heterocycles. The van der Waals surface area contributed by atoms with Gasteiger partial charge in [-0.2, -0.15) is 5.26 Å². The first-order chi connectivity index (χ1) is 12.6. The summed E-state index contributed by atoms with van der Waals surface area (Å²) >= 11 is 1.67. The fourth-order valence-corrected chi connectivity index (χ4v) is 6.12. The lowest BCUT2D eigenvalue weighted by Crippen LogP contribution is -2.35. The Morgan fingerprint density at radius 2 is 2.15 bits per heavy atom. The Kier molecular flexibility index (Phi) is 4.57. The number of nitrogens with zero attached hydrogens (tertiary/aromatic N) is 3. The largest absolute Gasteiger partial charge is 0.322 e. The van der Waals surface area contributed by atoms with Gasteiger partial charge in [0.05, 0.1) is 22.6 Å². The van der Waals surface area contributed by atoms with Crippen molar-refractivity contribution in [1.29, 1.82) is 5.26 Å². The Hall–Kier alpha value is -2.14. The van der Waals surface area contributed by atoms with Gasteiger partial charge in [0, 0.05) is 42.0 Å². The molecule has 0 unspecified atom stereocenters. The van der Waals surface area contributed by atoms with Crippen LogP contribution >= 0.6 is 11.3 Å².